The average Bonchev–Trinajstić information content (AvgIpc) is 2.76. The third-order valence-electron chi connectivity index (χ3n) is 3.94. The van der Waals surface area contributed by atoms with Gasteiger partial charge in [0.05, 0.1) is 17.1 Å². The normalized spacial score (nSPS) is 12.8. The van der Waals surface area contributed by atoms with Gasteiger partial charge < -0.3 is 10.3 Å². The molecule has 21 heavy (non-hydrogen) atoms. The molecule has 4 heteroatoms. The first-order valence-electron chi connectivity index (χ1n) is 6.97. The molecule has 0 radical (unpaired) electrons. The number of fused-ring (bicyclic) bond motifs is 1. The van der Waals surface area contributed by atoms with Crippen molar-refractivity contribution >= 4 is 17.0 Å². The molecular weight excluding hydrogens is 265 g/mol. The van der Waals surface area contributed by atoms with E-state index in [-0.39, 0.29) is 11.9 Å². The molecule has 108 valence electrons. The van der Waals surface area contributed by atoms with Gasteiger partial charge in [0.25, 0.3) is 0 Å². The van der Waals surface area contributed by atoms with E-state index in [4.69, 9.17) is 5.73 Å². The first-order chi connectivity index (χ1) is 9.97. The summed E-state index contributed by atoms with van der Waals surface area (Å²) >= 11 is 0. The predicted octanol–water partition coefficient (Wildman–Crippen LogP) is 3.98. The summed E-state index contributed by atoms with van der Waals surface area (Å²) in [6.07, 6.45) is 0. The first kappa shape index (κ1) is 13.6. The van der Waals surface area contributed by atoms with Crippen molar-refractivity contribution in [2.24, 2.45) is 0 Å². The van der Waals surface area contributed by atoms with E-state index in [1.165, 1.54) is 0 Å². The minimum absolute atomic E-state index is 0.0761. The van der Waals surface area contributed by atoms with Gasteiger partial charge in [-0.05, 0) is 55.7 Å². The van der Waals surface area contributed by atoms with E-state index in [1.807, 2.05) is 42.7 Å². The molecule has 3 nitrogen and oxygen atoms in total. The summed E-state index contributed by atoms with van der Waals surface area (Å²) in [5, 5.41) is 0. The van der Waals surface area contributed by atoms with Crippen LogP contribution in [0, 0.1) is 19.7 Å². The lowest BCUT2D eigenvalue weighted by molar-refractivity contribution is 0.604. The molecule has 0 saturated carbocycles. The second-order valence-corrected chi connectivity index (χ2v) is 5.52. The molecule has 1 heterocycles. The van der Waals surface area contributed by atoms with Gasteiger partial charge >= 0.3 is 0 Å². The van der Waals surface area contributed by atoms with Gasteiger partial charge in [-0.25, -0.2) is 9.37 Å². The number of nitrogens with zero attached hydrogens (tertiary/aromatic N) is 2. The molecule has 0 bridgehead atoms. The van der Waals surface area contributed by atoms with E-state index in [0.717, 1.165) is 22.2 Å². The highest BCUT2D eigenvalue weighted by Gasteiger charge is 2.16. The SMILES string of the molecule is Cc1ccc2c(c1)nc(N)n2C(C)c1ccc(C)c(F)c1. The Morgan fingerprint density at radius 2 is 1.90 bits per heavy atom. The summed E-state index contributed by atoms with van der Waals surface area (Å²) in [6.45, 7) is 5.78. The molecule has 1 unspecified atom stereocenters. The van der Waals surface area contributed by atoms with Crippen molar-refractivity contribution in [3.8, 4) is 0 Å². The number of nitrogens with two attached hydrogens (primary N) is 1. The molecule has 1 aromatic heterocycles. The highest BCUT2D eigenvalue weighted by molar-refractivity contribution is 5.79. The Bertz CT molecular complexity index is 820. The number of halogens is 1. The van der Waals surface area contributed by atoms with E-state index >= 15 is 0 Å². The Hall–Kier alpha value is -2.36. The molecule has 1 atom stereocenters. The van der Waals surface area contributed by atoms with Crippen LogP contribution in [0.2, 0.25) is 0 Å². The minimum atomic E-state index is -0.196. The summed E-state index contributed by atoms with van der Waals surface area (Å²) in [5.41, 5.74) is 10.6. The summed E-state index contributed by atoms with van der Waals surface area (Å²) < 4.78 is 15.7. The number of benzene rings is 2. The highest BCUT2D eigenvalue weighted by atomic mass is 19.1. The molecule has 0 fully saturated rings. The molecule has 3 rings (SSSR count). The lowest BCUT2D eigenvalue weighted by atomic mass is 10.1. The number of aromatic nitrogens is 2. The molecule has 0 saturated heterocycles. The molecule has 0 aliphatic carbocycles. The number of hydrogen-bond acceptors (Lipinski definition) is 2. The molecule has 0 spiro atoms. The summed E-state index contributed by atoms with van der Waals surface area (Å²) in [4.78, 5) is 4.41. The smallest absolute Gasteiger partial charge is 0.201 e. The van der Waals surface area contributed by atoms with Gasteiger partial charge in [-0.15, -0.1) is 0 Å². The van der Waals surface area contributed by atoms with Gasteiger partial charge in [0, 0.05) is 0 Å². The fourth-order valence-electron chi connectivity index (χ4n) is 2.65. The quantitative estimate of drug-likeness (QED) is 0.773. The van der Waals surface area contributed by atoms with Crippen LogP contribution in [0.5, 0.6) is 0 Å². The third-order valence-corrected chi connectivity index (χ3v) is 3.94. The van der Waals surface area contributed by atoms with E-state index in [2.05, 4.69) is 4.98 Å². The van der Waals surface area contributed by atoms with E-state index in [1.54, 1.807) is 19.1 Å². The molecule has 0 aliphatic rings. The molecule has 2 aromatic carbocycles. The maximum Gasteiger partial charge on any atom is 0.201 e. The van der Waals surface area contributed by atoms with Crippen molar-refractivity contribution in [3.05, 3.63) is 58.9 Å². The standard InChI is InChI=1S/C17H18FN3/c1-10-4-7-16-15(8-10)20-17(19)21(16)12(3)13-6-5-11(2)14(18)9-13/h4-9,12H,1-3H3,(H2,19,20). The highest BCUT2D eigenvalue weighted by Crippen LogP contribution is 2.28. The Labute approximate surface area is 123 Å². The van der Waals surface area contributed by atoms with Crippen LogP contribution in [-0.4, -0.2) is 9.55 Å². The van der Waals surface area contributed by atoms with Crippen LogP contribution in [0.3, 0.4) is 0 Å². The third kappa shape index (κ3) is 2.27. The van der Waals surface area contributed by atoms with Gasteiger partial charge in [-0.1, -0.05) is 18.2 Å². The number of hydrogen-bond donors (Lipinski definition) is 1. The largest absolute Gasteiger partial charge is 0.369 e. The maximum absolute atomic E-state index is 13.8. The number of aryl methyl sites for hydroxylation is 2. The number of anilines is 1. The zero-order chi connectivity index (χ0) is 15.1. The Balaban J connectivity index is 2.14. The fourth-order valence-corrected chi connectivity index (χ4v) is 2.65. The van der Waals surface area contributed by atoms with Crippen LogP contribution < -0.4 is 5.73 Å². The van der Waals surface area contributed by atoms with Gasteiger partial charge in [-0.2, -0.15) is 0 Å². The summed E-state index contributed by atoms with van der Waals surface area (Å²) in [5.74, 6) is 0.252. The Kier molecular flexibility index (Phi) is 3.16. The number of imidazole rings is 1. The molecule has 0 amide bonds. The lowest BCUT2D eigenvalue weighted by Gasteiger charge is -2.17. The Morgan fingerprint density at radius 1 is 1.14 bits per heavy atom. The van der Waals surface area contributed by atoms with E-state index in [0.29, 0.717) is 11.5 Å². The second-order valence-electron chi connectivity index (χ2n) is 5.52. The average molecular weight is 283 g/mol. The van der Waals surface area contributed by atoms with Gasteiger partial charge in [-0.3, -0.25) is 0 Å². The topological polar surface area (TPSA) is 43.8 Å². The van der Waals surface area contributed by atoms with Crippen LogP contribution in [-0.2, 0) is 0 Å². The van der Waals surface area contributed by atoms with Crippen LogP contribution >= 0.6 is 0 Å². The van der Waals surface area contributed by atoms with Gasteiger partial charge in [0.1, 0.15) is 5.82 Å². The van der Waals surface area contributed by atoms with Crippen molar-refractivity contribution in [3.63, 3.8) is 0 Å². The monoisotopic (exact) mass is 283 g/mol. The number of nitrogen functional groups attached to an aromatic ring is 1. The van der Waals surface area contributed by atoms with Crippen LogP contribution in [0.1, 0.15) is 29.7 Å². The van der Waals surface area contributed by atoms with Crippen LogP contribution in [0.4, 0.5) is 10.3 Å². The van der Waals surface area contributed by atoms with Gasteiger partial charge in [0.15, 0.2) is 0 Å². The van der Waals surface area contributed by atoms with Crippen LogP contribution in [0.15, 0.2) is 36.4 Å². The zero-order valence-corrected chi connectivity index (χ0v) is 12.4. The molecule has 2 N–H and O–H groups in total. The molecule has 3 aromatic rings. The maximum atomic E-state index is 13.8. The predicted molar refractivity (Wildman–Crippen MR) is 83.8 cm³/mol. The van der Waals surface area contributed by atoms with Gasteiger partial charge in [0.2, 0.25) is 5.95 Å². The number of rotatable bonds is 2. The van der Waals surface area contributed by atoms with E-state index < -0.39 is 0 Å². The van der Waals surface area contributed by atoms with Crippen molar-refractivity contribution in [1.82, 2.24) is 9.55 Å². The zero-order valence-electron chi connectivity index (χ0n) is 12.4. The van der Waals surface area contributed by atoms with Crippen molar-refractivity contribution in [2.45, 2.75) is 26.8 Å². The van der Waals surface area contributed by atoms with Crippen molar-refractivity contribution in [2.75, 3.05) is 5.73 Å². The van der Waals surface area contributed by atoms with Crippen LogP contribution in [0.25, 0.3) is 11.0 Å². The minimum Gasteiger partial charge on any atom is -0.369 e. The van der Waals surface area contributed by atoms with Crippen molar-refractivity contribution < 1.29 is 4.39 Å². The summed E-state index contributed by atoms with van der Waals surface area (Å²) in [7, 11) is 0. The molecular formula is C17H18FN3. The lowest BCUT2D eigenvalue weighted by Crippen LogP contribution is -2.10. The van der Waals surface area contributed by atoms with Crippen molar-refractivity contribution in [1.29, 1.82) is 0 Å². The van der Waals surface area contributed by atoms with E-state index in [9.17, 15) is 4.39 Å². The fraction of sp³-hybridized carbons (Fsp3) is 0.235. The molecule has 0 aliphatic heterocycles. The first-order valence-corrected chi connectivity index (χ1v) is 6.97. The second kappa shape index (κ2) is 4.88. The Morgan fingerprint density at radius 3 is 2.62 bits per heavy atom. The summed E-state index contributed by atoms with van der Waals surface area (Å²) in [6, 6.07) is 11.3.